The molecule has 1 heterocycles. The summed E-state index contributed by atoms with van der Waals surface area (Å²) in [5.74, 6) is -1.35. The van der Waals surface area contributed by atoms with Gasteiger partial charge in [-0.15, -0.1) is 0 Å². The van der Waals surface area contributed by atoms with E-state index in [2.05, 4.69) is 4.74 Å². The number of amides is 1. The van der Waals surface area contributed by atoms with Crippen molar-refractivity contribution < 1.29 is 32.6 Å². The topological polar surface area (TPSA) is 65.1 Å². The lowest BCUT2D eigenvalue weighted by Crippen LogP contribution is -2.38. The number of anilines is 1. The molecule has 1 aliphatic heterocycles. The molecule has 0 aromatic heterocycles. The SMILES string of the molecule is COc1cc(C(=O)OCC(=O)N2c3ccccc3CC2C)ccc1OC(F)F. The monoisotopic (exact) mass is 391 g/mol. The minimum atomic E-state index is -3.02. The van der Waals surface area contributed by atoms with Crippen molar-refractivity contribution in [1.29, 1.82) is 0 Å². The number of hydrogen-bond donors (Lipinski definition) is 0. The zero-order valence-corrected chi connectivity index (χ0v) is 15.4. The number of hydrogen-bond acceptors (Lipinski definition) is 5. The molecular weight excluding hydrogens is 372 g/mol. The number of methoxy groups -OCH3 is 1. The molecule has 1 unspecified atom stereocenters. The molecule has 6 nitrogen and oxygen atoms in total. The van der Waals surface area contributed by atoms with E-state index >= 15 is 0 Å². The van der Waals surface area contributed by atoms with Crippen LogP contribution in [0.5, 0.6) is 11.5 Å². The Hall–Kier alpha value is -3.16. The van der Waals surface area contributed by atoms with Gasteiger partial charge < -0.3 is 19.1 Å². The van der Waals surface area contributed by atoms with Gasteiger partial charge >= 0.3 is 12.6 Å². The van der Waals surface area contributed by atoms with Crippen molar-refractivity contribution in [3.63, 3.8) is 0 Å². The fraction of sp³-hybridized carbons (Fsp3) is 0.300. The number of carbonyl (C=O) groups excluding carboxylic acids is 2. The molecule has 148 valence electrons. The predicted octanol–water partition coefficient (Wildman–Crippen LogP) is 3.43. The summed E-state index contributed by atoms with van der Waals surface area (Å²) in [5, 5.41) is 0. The van der Waals surface area contributed by atoms with Gasteiger partial charge in [-0.25, -0.2) is 4.79 Å². The van der Waals surface area contributed by atoms with Crippen LogP contribution in [-0.2, 0) is 16.0 Å². The van der Waals surface area contributed by atoms with Crippen LogP contribution in [0.15, 0.2) is 42.5 Å². The number of alkyl halides is 2. The van der Waals surface area contributed by atoms with E-state index in [0.717, 1.165) is 17.7 Å². The lowest BCUT2D eigenvalue weighted by Gasteiger charge is -2.22. The van der Waals surface area contributed by atoms with Crippen molar-refractivity contribution in [3.8, 4) is 11.5 Å². The average Bonchev–Trinajstić information content (AvgIpc) is 3.01. The fourth-order valence-electron chi connectivity index (χ4n) is 3.21. The van der Waals surface area contributed by atoms with E-state index < -0.39 is 19.2 Å². The Bertz CT molecular complexity index is 887. The van der Waals surface area contributed by atoms with Crippen LogP contribution in [0.2, 0.25) is 0 Å². The molecule has 2 aromatic rings. The molecule has 8 heteroatoms. The van der Waals surface area contributed by atoms with E-state index in [9.17, 15) is 18.4 Å². The molecule has 0 aliphatic carbocycles. The highest BCUT2D eigenvalue weighted by Crippen LogP contribution is 2.32. The maximum Gasteiger partial charge on any atom is 0.387 e. The van der Waals surface area contributed by atoms with Gasteiger partial charge in [0.05, 0.1) is 12.7 Å². The van der Waals surface area contributed by atoms with Gasteiger partial charge in [-0.2, -0.15) is 8.78 Å². The lowest BCUT2D eigenvalue weighted by atomic mass is 10.1. The first-order chi connectivity index (χ1) is 13.4. The number of halogens is 2. The van der Waals surface area contributed by atoms with Gasteiger partial charge in [-0.3, -0.25) is 4.79 Å². The van der Waals surface area contributed by atoms with Gasteiger partial charge in [0.1, 0.15) is 0 Å². The third-order valence-corrected chi connectivity index (χ3v) is 4.42. The smallest absolute Gasteiger partial charge is 0.387 e. The van der Waals surface area contributed by atoms with Crippen molar-refractivity contribution in [1.82, 2.24) is 0 Å². The number of rotatable bonds is 6. The fourth-order valence-corrected chi connectivity index (χ4v) is 3.21. The van der Waals surface area contributed by atoms with Crippen LogP contribution in [0.4, 0.5) is 14.5 Å². The summed E-state index contributed by atoms with van der Waals surface area (Å²) in [6.07, 6.45) is 0.735. The molecule has 0 saturated carbocycles. The highest BCUT2D eigenvalue weighted by molar-refractivity contribution is 5.99. The summed E-state index contributed by atoms with van der Waals surface area (Å²) >= 11 is 0. The minimum Gasteiger partial charge on any atom is -0.493 e. The minimum absolute atomic E-state index is 0.0329. The molecule has 1 amide bonds. The molecule has 0 N–H and O–H groups in total. The second-order valence-corrected chi connectivity index (χ2v) is 6.27. The summed E-state index contributed by atoms with van der Waals surface area (Å²) in [6, 6.07) is 11.2. The van der Waals surface area contributed by atoms with Crippen molar-refractivity contribution >= 4 is 17.6 Å². The molecule has 0 radical (unpaired) electrons. The second-order valence-electron chi connectivity index (χ2n) is 6.27. The van der Waals surface area contributed by atoms with Gasteiger partial charge in [0, 0.05) is 11.7 Å². The van der Waals surface area contributed by atoms with Gasteiger partial charge in [0.2, 0.25) is 0 Å². The summed E-state index contributed by atoms with van der Waals surface area (Å²) in [4.78, 5) is 26.4. The number of ether oxygens (including phenoxy) is 3. The first-order valence-corrected chi connectivity index (χ1v) is 8.60. The van der Waals surface area contributed by atoms with Crippen molar-refractivity contribution in [2.24, 2.45) is 0 Å². The third-order valence-electron chi connectivity index (χ3n) is 4.42. The molecule has 0 bridgehead atoms. The lowest BCUT2D eigenvalue weighted by molar-refractivity contribution is -0.122. The molecule has 1 aliphatic rings. The van der Waals surface area contributed by atoms with Gasteiger partial charge in [-0.1, -0.05) is 18.2 Å². The molecule has 0 saturated heterocycles. The van der Waals surface area contributed by atoms with E-state index in [-0.39, 0.29) is 29.0 Å². The number of para-hydroxylation sites is 1. The Labute approximate surface area is 160 Å². The third kappa shape index (κ3) is 4.05. The van der Waals surface area contributed by atoms with Crippen LogP contribution in [0.25, 0.3) is 0 Å². The first kappa shape index (κ1) is 19.6. The Morgan fingerprint density at radius 1 is 1.18 bits per heavy atom. The maximum atomic E-state index is 12.6. The Balaban J connectivity index is 1.66. The number of nitrogens with zero attached hydrogens (tertiary/aromatic N) is 1. The Morgan fingerprint density at radius 2 is 1.93 bits per heavy atom. The summed E-state index contributed by atoms with van der Waals surface area (Å²) in [7, 11) is 1.26. The van der Waals surface area contributed by atoms with Gasteiger partial charge in [-0.05, 0) is 43.2 Å². The first-order valence-electron chi connectivity index (χ1n) is 8.60. The number of fused-ring (bicyclic) bond motifs is 1. The molecule has 2 aromatic carbocycles. The van der Waals surface area contributed by atoms with E-state index in [0.29, 0.717) is 0 Å². The van der Waals surface area contributed by atoms with Gasteiger partial charge in [0.25, 0.3) is 5.91 Å². The van der Waals surface area contributed by atoms with Crippen LogP contribution in [0, 0.1) is 0 Å². The molecule has 3 rings (SSSR count). The van der Waals surface area contributed by atoms with Crippen LogP contribution in [0.1, 0.15) is 22.8 Å². The largest absolute Gasteiger partial charge is 0.493 e. The van der Waals surface area contributed by atoms with Crippen molar-refractivity contribution in [2.75, 3.05) is 18.6 Å². The van der Waals surface area contributed by atoms with Crippen molar-refractivity contribution in [2.45, 2.75) is 26.0 Å². The average molecular weight is 391 g/mol. The second kappa shape index (κ2) is 8.24. The number of benzene rings is 2. The highest BCUT2D eigenvalue weighted by Gasteiger charge is 2.31. The normalized spacial score (nSPS) is 15.3. The molecule has 28 heavy (non-hydrogen) atoms. The standard InChI is InChI=1S/C20H19F2NO5/c1-12-9-13-5-3-4-6-15(13)23(12)18(24)11-27-19(25)14-7-8-16(28-20(21)22)17(10-14)26-2/h3-8,10,12,20H,9,11H2,1-2H3. The zero-order valence-electron chi connectivity index (χ0n) is 15.4. The number of carbonyl (C=O) groups is 2. The zero-order chi connectivity index (χ0) is 20.3. The Kier molecular flexibility index (Phi) is 5.77. The van der Waals surface area contributed by atoms with E-state index in [1.807, 2.05) is 31.2 Å². The van der Waals surface area contributed by atoms with Crippen LogP contribution < -0.4 is 14.4 Å². The summed E-state index contributed by atoms with van der Waals surface area (Å²) in [5.41, 5.74) is 1.93. The van der Waals surface area contributed by atoms with Crippen LogP contribution in [0.3, 0.4) is 0 Å². The predicted molar refractivity (Wildman–Crippen MR) is 97.0 cm³/mol. The van der Waals surface area contributed by atoms with Crippen molar-refractivity contribution in [3.05, 3.63) is 53.6 Å². The molecule has 0 fully saturated rings. The van der Waals surface area contributed by atoms with Crippen LogP contribution >= 0.6 is 0 Å². The molecule has 0 spiro atoms. The summed E-state index contributed by atoms with van der Waals surface area (Å²) in [6.45, 7) is -1.53. The van der Waals surface area contributed by atoms with Gasteiger partial charge in [0.15, 0.2) is 18.1 Å². The van der Waals surface area contributed by atoms with E-state index in [1.54, 1.807) is 4.90 Å². The maximum absolute atomic E-state index is 12.6. The molecule has 1 atom stereocenters. The summed E-state index contributed by atoms with van der Waals surface area (Å²) < 4.78 is 39.1. The molecular formula is C20H19F2NO5. The quantitative estimate of drug-likeness (QED) is 0.706. The Morgan fingerprint density at radius 3 is 2.64 bits per heavy atom. The number of esters is 1. The van der Waals surface area contributed by atoms with Crippen LogP contribution in [-0.4, -0.2) is 38.2 Å². The van der Waals surface area contributed by atoms with E-state index in [1.165, 1.54) is 25.3 Å². The van der Waals surface area contributed by atoms with E-state index in [4.69, 9.17) is 9.47 Å². The highest BCUT2D eigenvalue weighted by atomic mass is 19.3.